The van der Waals surface area contributed by atoms with Crippen molar-refractivity contribution < 1.29 is 9.18 Å². The van der Waals surface area contributed by atoms with Crippen LogP contribution in [0.25, 0.3) is 0 Å². The molecule has 3 heteroatoms. The smallest absolute Gasteiger partial charge is 0.247 e. The fourth-order valence-electron chi connectivity index (χ4n) is 0.916. The van der Waals surface area contributed by atoms with Crippen molar-refractivity contribution in [3.05, 3.63) is 42.2 Å². The third-order valence-electron chi connectivity index (χ3n) is 1.61. The molecule has 68 valence electrons. The number of aryl methyl sites for hydroxylation is 1. The molecule has 1 aromatic carbocycles. The molecule has 0 saturated carbocycles. The van der Waals surface area contributed by atoms with E-state index in [1.54, 1.807) is 13.0 Å². The molecule has 1 aromatic rings. The molecule has 0 heterocycles. The average Bonchev–Trinajstić information content (AvgIpc) is 2.11. The second-order valence-electron chi connectivity index (χ2n) is 2.66. The van der Waals surface area contributed by atoms with Gasteiger partial charge >= 0.3 is 0 Å². The molecule has 0 aliphatic carbocycles. The van der Waals surface area contributed by atoms with Crippen molar-refractivity contribution in [3.63, 3.8) is 0 Å². The quantitative estimate of drug-likeness (QED) is 0.693. The van der Waals surface area contributed by atoms with Crippen molar-refractivity contribution in [2.45, 2.75) is 6.92 Å². The van der Waals surface area contributed by atoms with Crippen molar-refractivity contribution in [1.29, 1.82) is 0 Å². The van der Waals surface area contributed by atoms with E-state index in [0.29, 0.717) is 11.3 Å². The highest BCUT2D eigenvalue weighted by molar-refractivity contribution is 5.98. The molecule has 0 spiro atoms. The Kier molecular flexibility index (Phi) is 2.80. The second kappa shape index (κ2) is 3.85. The summed E-state index contributed by atoms with van der Waals surface area (Å²) in [7, 11) is 0. The lowest BCUT2D eigenvalue weighted by Crippen LogP contribution is -2.07. The van der Waals surface area contributed by atoms with Gasteiger partial charge in [-0.25, -0.2) is 4.39 Å². The fraction of sp³-hybridized carbons (Fsp3) is 0.100. The Balaban J connectivity index is 2.85. The van der Waals surface area contributed by atoms with E-state index in [2.05, 4.69) is 11.9 Å². The number of halogens is 1. The molecule has 13 heavy (non-hydrogen) atoms. The van der Waals surface area contributed by atoms with Crippen molar-refractivity contribution in [1.82, 2.24) is 0 Å². The molecule has 1 rings (SSSR count). The molecule has 0 bridgehead atoms. The van der Waals surface area contributed by atoms with E-state index in [1.165, 1.54) is 18.2 Å². The molecular weight excluding hydrogens is 169 g/mol. The number of benzene rings is 1. The summed E-state index contributed by atoms with van der Waals surface area (Å²) in [4.78, 5) is 10.9. The van der Waals surface area contributed by atoms with Crippen molar-refractivity contribution in [3.8, 4) is 0 Å². The van der Waals surface area contributed by atoms with E-state index >= 15 is 0 Å². The van der Waals surface area contributed by atoms with Crippen LogP contribution in [-0.4, -0.2) is 5.91 Å². The summed E-state index contributed by atoms with van der Waals surface area (Å²) in [5.74, 6) is -0.581. The lowest BCUT2D eigenvalue weighted by Gasteiger charge is -2.03. The minimum Gasteiger partial charge on any atom is -0.323 e. The number of hydrogen-bond donors (Lipinski definition) is 1. The zero-order valence-electron chi connectivity index (χ0n) is 7.30. The molecule has 0 radical (unpaired) electrons. The van der Waals surface area contributed by atoms with E-state index in [9.17, 15) is 9.18 Å². The Morgan fingerprint density at radius 3 is 2.85 bits per heavy atom. The third kappa shape index (κ3) is 2.40. The maximum absolute atomic E-state index is 12.8. The zero-order chi connectivity index (χ0) is 9.84. The molecular formula is C10H10FNO. The normalized spacial score (nSPS) is 9.38. The number of rotatable bonds is 2. The van der Waals surface area contributed by atoms with E-state index in [-0.39, 0.29) is 11.7 Å². The van der Waals surface area contributed by atoms with Crippen molar-refractivity contribution in [2.24, 2.45) is 0 Å². The first-order valence-corrected chi connectivity index (χ1v) is 3.83. The van der Waals surface area contributed by atoms with Gasteiger partial charge in [0, 0.05) is 5.69 Å². The first kappa shape index (κ1) is 9.45. The van der Waals surface area contributed by atoms with E-state index in [4.69, 9.17) is 0 Å². The van der Waals surface area contributed by atoms with Crippen LogP contribution >= 0.6 is 0 Å². The van der Waals surface area contributed by atoms with Gasteiger partial charge in [0.25, 0.3) is 0 Å². The van der Waals surface area contributed by atoms with Gasteiger partial charge in [-0.2, -0.15) is 0 Å². The topological polar surface area (TPSA) is 29.1 Å². The summed E-state index contributed by atoms with van der Waals surface area (Å²) in [5, 5.41) is 2.54. The van der Waals surface area contributed by atoms with Crippen LogP contribution in [0.2, 0.25) is 0 Å². The molecule has 1 amide bonds. The van der Waals surface area contributed by atoms with Gasteiger partial charge in [-0.05, 0) is 36.8 Å². The van der Waals surface area contributed by atoms with Gasteiger partial charge in [0.05, 0.1) is 0 Å². The average molecular weight is 179 g/mol. The summed E-state index contributed by atoms with van der Waals surface area (Å²) in [6.07, 6.45) is 1.17. The second-order valence-corrected chi connectivity index (χ2v) is 2.66. The van der Waals surface area contributed by atoms with Gasteiger partial charge in [-0.1, -0.05) is 6.58 Å². The number of amides is 1. The number of carbonyl (C=O) groups excluding carboxylic acids is 1. The molecule has 2 nitrogen and oxygen atoms in total. The summed E-state index contributed by atoms with van der Waals surface area (Å²) in [6.45, 7) is 4.95. The largest absolute Gasteiger partial charge is 0.323 e. The first-order chi connectivity index (χ1) is 6.13. The fourth-order valence-corrected chi connectivity index (χ4v) is 0.916. The summed E-state index contributed by atoms with van der Waals surface area (Å²) in [5.41, 5.74) is 1.07. The Labute approximate surface area is 76.1 Å². The van der Waals surface area contributed by atoms with Crippen LogP contribution in [-0.2, 0) is 4.79 Å². The van der Waals surface area contributed by atoms with Crippen LogP contribution < -0.4 is 5.32 Å². The van der Waals surface area contributed by atoms with E-state index in [1.807, 2.05) is 0 Å². The van der Waals surface area contributed by atoms with Gasteiger partial charge in [0.2, 0.25) is 5.91 Å². The van der Waals surface area contributed by atoms with Gasteiger partial charge in [-0.15, -0.1) is 0 Å². The molecule has 0 aliphatic rings. The minimum atomic E-state index is -0.300. The van der Waals surface area contributed by atoms with Gasteiger partial charge in [0.1, 0.15) is 5.82 Å². The van der Waals surface area contributed by atoms with Gasteiger partial charge in [-0.3, -0.25) is 4.79 Å². The van der Waals surface area contributed by atoms with Crippen LogP contribution in [0.3, 0.4) is 0 Å². The molecule has 1 N–H and O–H groups in total. The van der Waals surface area contributed by atoms with Crippen LogP contribution in [0.15, 0.2) is 30.9 Å². The van der Waals surface area contributed by atoms with E-state index in [0.717, 1.165) is 0 Å². The molecule has 0 saturated heterocycles. The number of nitrogens with one attached hydrogen (secondary N) is 1. The maximum Gasteiger partial charge on any atom is 0.247 e. The van der Waals surface area contributed by atoms with Crippen LogP contribution in [0.4, 0.5) is 10.1 Å². The summed E-state index contributed by atoms with van der Waals surface area (Å²) in [6, 6.07) is 4.38. The Bertz CT molecular complexity index is 347. The number of carbonyl (C=O) groups is 1. The number of hydrogen-bond acceptors (Lipinski definition) is 1. The molecule has 0 aliphatic heterocycles. The SMILES string of the molecule is C=CC(=O)Nc1ccc(F)c(C)c1. The zero-order valence-corrected chi connectivity index (χ0v) is 7.30. The molecule has 0 atom stereocenters. The Morgan fingerprint density at radius 1 is 1.62 bits per heavy atom. The maximum atomic E-state index is 12.8. The minimum absolute atomic E-state index is 0.281. The van der Waals surface area contributed by atoms with Crippen LogP contribution in [0, 0.1) is 12.7 Å². The van der Waals surface area contributed by atoms with Crippen LogP contribution in [0.5, 0.6) is 0 Å². The molecule has 0 fully saturated rings. The highest BCUT2D eigenvalue weighted by Gasteiger charge is 2.00. The highest BCUT2D eigenvalue weighted by atomic mass is 19.1. The van der Waals surface area contributed by atoms with Gasteiger partial charge < -0.3 is 5.32 Å². The summed E-state index contributed by atoms with van der Waals surface area (Å²) < 4.78 is 12.8. The van der Waals surface area contributed by atoms with Crippen LogP contribution in [0.1, 0.15) is 5.56 Å². The van der Waals surface area contributed by atoms with Crippen molar-refractivity contribution in [2.75, 3.05) is 5.32 Å². The standard InChI is InChI=1S/C10H10FNO/c1-3-10(13)12-8-4-5-9(11)7(2)6-8/h3-6H,1H2,2H3,(H,12,13). The predicted octanol–water partition coefficient (Wildman–Crippen LogP) is 2.26. The lowest BCUT2D eigenvalue weighted by molar-refractivity contribution is -0.111. The van der Waals surface area contributed by atoms with E-state index < -0.39 is 0 Å². The lowest BCUT2D eigenvalue weighted by atomic mass is 10.2. The van der Waals surface area contributed by atoms with Gasteiger partial charge in [0.15, 0.2) is 0 Å². The molecule has 0 aromatic heterocycles. The Morgan fingerprint density at radius 2 is 2.31 bits per heavy atom. The highest BCUT2D eigenvalue weighted by Crippen LogP contribution is 2.13. The third-order valence-corrected chi connectivity index (χ3v) is 1.61. The molecule has 0 unspecified atom stereocenters. The Hall–Kier alpha value is -1.64. The summed E-state index contributed by atoms with van der Waals surface area (Å²) >= 11 is 0. The van der Waals surface area contributed by atoms with Crippen molar-refractivity contribution >= 4 is 11.6 Å². The predicted molar refractivity (Wildman–Crippen MR) is 50.0 cm³/mol. The first-order valence-electron chi connectivity index (χ1n) is 3.83. The number of anilines is 1. The monoisotopic (exact) mass is 179 g/mol.